The number of aliphatic hydroxyl groups is 1. The number of hydrogen-bond donors (Lipinski definition) is 2. The summed E-state index contributed by atoms with van der Waals surface area (Å²) in [4.78, 5) is 25.6. The summed E-state index contributed by atoms with van der Waals surface area (Å²) in [5, 5.41) is 10.5. The number of hydrogen-bond acceptors (Lipinski definition) is 6. The van der Waals surface area contributed by atoms with Gasteiger partial charge in [-0.25, -0.2) is 4.79 Å². The zero-order valence-corrected chi connectivity index (χ0v) is 13.6. The minimum Gasteiger partial charge on any atom is -0.381 e. The Balaban J connectivity index is 2.02. The van der Waals surface area contributed by atoms with Crippen molar-refractivity contribution in [1.29, 1.82) is 0 Å². The van der Waals surface area contributed by atoms with Gasteiger partial charge in [-0.3, -0.25) is 14.3 Å². The fourth-order valence-electron chi connectivity index (χ4n) is 2.82. The van der Waals surface area contributed by atoms with Gasteiger partial charge in [0.2, 0.25) is 5.79 Å². The Kier molecular flexibility index (Phi) is 3.52. The summed E-state index contributed by atoms with van der Waals surface area (Å²) >= 11 is 1.83. The zero-order chi connectivity index (χ0) is 15.4. The predicted molar refractivity (Wildman–Crippen MR) is 78.9 cm³/mol. The van der Waals surface area contributed by atoms with Gasteiger partial charge in [0, 0.05) is 13.3 Å². The molecule has 0 saturated carbocycles. The van der Waals surface area contributed by atoms with Crippen LogP contribution in [0, 0.1) is 3.57 Å². The van der Waals surface area contributed by atoms with E-state index >= 15 is 0 Å². The largest absolute Gasteiger partial charge is 0.381 e. The van der Waals surface area contributed by atoms with E-state index in [0.717, 1.165) is 0 Å². The van der Waals surface area contributed by atoms with E-state index in [0.29, 0.717) is 9.99 Å². The first kappa shape index (κ1) is 15.2. The van der Waals surface area contributed by atoms with Gasteiger partial charge in [-0.2, -0.15) is 0 Å². The number of aromatic nitrogens is 2. The molecule has 0 aromatic carbocycles. The Bertz CT molecular complexity index is 687. The Labute approximate surface area is 133 Å². The fraction of sp³-hybridized carbons (Fsp3) is 0.667. The normalized spacial score (nSPS) is 37.5. The molecule has 3 heterocycles. The fourth-order valence-corrected chi connectivity index (χ4v) is 3.25. The van der Waals surface area contributed by atoms with E-state index in [1.807, 2.05) is 29.5 Å². The molecule has 2 fully saturated rings. The number of rotatable bonds is 4. The average Bonchev–Trinajstić information content (AvgIpc) is 3.07. The number of nitrogens with one attached hydrogen (secondary N) is 1. The smallest absolute Gasteiger partial charge is 0.330 e. The molecule has 3 rings (SSSR count). The van der Waals surface area contributed by atoms with Crippen molar-refractivity contribution in [2.24, 2.45) is 0 Å². The maximum Gasteiger partial charge on any atom is 0.330 e. The van der Waals surface area contributed by atoms with Gasteiger partial charge in [0.15, 0.2) is 17.9 Å². The van der Waals surface area contributed by atoms with Crippen LogP contribution < -0.4 is 11.2 Å². The molecule has 9 heteroatoms. The Morgan fingerprint density at radius 3 is 2.86 bits per heavy atom. The molecule has 116 valence electrons. The van der Waals surface area contributed by atoms with Crippen LogP contribution in [-0.4, -0.2) is 45.9 Å². The molecule has 0 spiro atoms. The summed E-state index contributed by atoms with van der Waals surface area (Å²) in [5.74, 6) is -1.47. The van der Waals surface area contributed by atoms with Crippen LogP contribution in [0.5, 0.6) is 0 Å². The van der Waals surface area contributed by atoms with Crippen LogP contribution >= 0.6 is 22.6 Å². The first-order chi connectivity index (χ1) is 9.88. The highest BCUT2D eigenvalue weighted by atomic mass is 127. The van der Waals surface area contributed by atoms with E-state index in [1.54, 1.807) is 0 Å². The van der Waals surface area contributed by atoms with Gasteiger partial charge in [-0.05, 0) is 29.0 Å². The predicted octanol–water partition coefficient (Wildman–Crippen LogP) is -0.447. The van der Waals surface area contributed by atoms with Crippen molar-refractivity contribution in [3.8, 4) is 0 Å². The number of fused-ring (bicyclic) bond motifs is 1. The minimum atomic E-state index is -1.47. The van der Waals surface area contributed by atoms with Crippen molar-refractivity contribution in [2.75, 3.05) is 13.7 Å². The topological polar surface area (TPSA) is 106 Å². The Morgan fingerprint density at radius 2 is 2.24 bits per heavy atom. The SMILES string of the molecule is CC[C@]1(COC)O[C@@H](n2cc(I)c(=O)[nH]c2=O)C2OC21O. The van der Waals surface area contributed by atoms with Gasteiger partial charge < -0.3 is 19.3 Å². The van der Waals surface area contributed by atoms with Crippen LogP contribution in [0.25, 0.3) is 0 Å². The Hall–Kier alpha value is -0.750. The number of methoxy groups -OCH3 is 1. The highest BCUT2D eigenvalue weighted by Gasteiger charge is 2.78. The molecular weight excluding hydrogens is 395 g/mol. The van der Waals surface area contributed by atoms with E-state index in [1.165, 1.54) is 17.9 Å². The number of ether oxygens (including phenoxy) is 3. The molecule has 21 heavy (non-hydrogen) atoms. The lowest BCUT2D eigenvalue weighted by atomic mass is 9.94. The van der Waals surface area contributed by atoms with Crippen molar-refractivity contribution in [1.82, 2.24) is 9.55 Å². The molecule has 2 aliphatic rings. The number of aromatic amines is 1. The van der Waals surface area contributed by atoms with E-state index in [9.17, 15) is 14.7 Å². The van der Waals surface area contributed by atoms with Gasteiger partial charge >= 0.3 is 5.69 Å². The zero-order valence-electron chi connectivity index (χ0n) is 11.5. The van der Waals surface area contributed by atoms with Crippen LogP contribution in [0.15, 0.2) is 15.8 Å². The van der Waals surface area contributed by atoms with Crippen molar-refractivity contribution in [2.45, 2.75) is 37.1 Å². The molecule has 0 bridgehead atoms. The van der Waals surface area contributed by atoms with Crippen LogP contribution in [0.4, 0.5) is 0 Å². The van der Waals surface area contributed by atoms with Crippen LogP contribution in [0.1, 0.15) is 19.6 Å². The highest BCUT2D eigenvalue weighted by molar-refractivity contribution is 14.1. The first-order valence-electron chi connectivity index (χ1n) is 6.46. The van der Waals surface area contributed by atoms with Crippen molar-refractivity contribution < 1.29 is 19.3 Å². The maximum atomic E-state index is 12.0. The summed E-state index contributed by atoms with van der Waals surface area (Å²) in [6, 6.07) is 0. The number of H-pyrrole nitrogens is 1. The van der Waals surface area contributed by atoms with Crippen LogP contribution in [0.3, 0.4) is 0 Å². The summed E-state index contributed by atoms with van der Waals surface area (Å²) < 4.78 is 18.0. The van der Waals surface area contributed by atoms with Gasteiger partial charge in [0.1, 0.15) is 0 Å². The molecule has 0 amide bonds. The third-order valence-electron chi connectivity index (χ3n) is 4.04. The van der Waals surface area contributed by atoms with Crippen LogP contribution in [0.2, 0.25) is 0 Å². The summed E-state index contributed by atoms with van der Waals surface area (Å²) in [6.45, 7) is 1.99. The monoisotopic (exact) mass is 410 g/mol. The van der Waals surface area contributed by atoms with Gasteiger partial charge in [0.25, 0.3) is 5.56 Å². The maximum absolute atomic E-state index is 12.0. The second-order valence-corrected chi connectivity index (χ2v) is 6.33. The third kappa shape index (κ3) is 2.02. The van der Waals surface area contributed by atoms with Gasteiger partial charge in [-0.1, -0.05) is 6.92 Å². The molecule has 2 saturated heterocycles. The molecule has 1 aromatic rings. The number of epoxide rings is 1. The number of halogens is 1. The summed E-state index contributed by atoms with van der Waals surface area (Å²) in [6.07, 6.45) is 0.391. The molecule has 4 atom stereocenters. The highest BCUT2D eigenvalue weighted by Crippen LogP contribution is 2.59. The van der Waals surface area contributed by atoms with Crippen molar-refractivity contribution in [3.63, 3.8) is 0 Å². The summed E-state index contributed by atoms with van der Waals surface area (Å²) in [5.41, 5.74) is -2.09. The lowest BCUT2D eigenvalue weighted by Gasteiger charge is -2.32. The lowest BCUT2D eigenvalue weighted by molar-refractivity contribution is -0.222. The molecule has 0 aliphatic carbocycles. The molecular formula is C12H15IN2O6. The first-order valence-corrected chi connectivity index (χ1v) is 7.54. The van der Waals surface area contributed by atoms with Gasteiger partial charge in [-0.15, -0.1) is 0 Å². The van der Waals surface area contributed by atoms with E-state index < -0.39 is 35.0 Å². The number of nitrogens with zero attached hydrogens (tertiary/aromatic N) is 1. The molecule has 8 nitrogen and oxygen atoms in total. The molecule has 2 unspecified atom stereocenters. The minimum absolute atomic E-state index is 0.141. The average molecular weight is 410 g/mol. The van der Waals surface area contributed by atoms with Crippen molar-refractivity contribution in [3.05, 3.63) is 30.6 Å². The Morgan fingerprint density at radius 1 is 1.52 bits per heavy atom. The quantitative estimate of drug-likeness (QED) is 0.515. The van der Waals surface area contributed by atoms with Crippen LogP contribution in [-0.2, 0) is 14.2 Å². The van der Waals surface area contributed by atoms with E-state index in [2.05, 4.69) is 4.98 Å². The second-order valence-electron chi connectivity index (χ2n) is 5.17. The van der Waals surface area contributed by atoms with E-state index in [-0.39, 0.29) is 6.61 Å². The standard InChI is InChI=1S/C12H15IN2O6/c1-3-11(5-19-2)12(18)7(20-12)9(21-11)15-4-6(13)8(16)14-10(15)17/h4,7,9,18H,3,5H2,1-2H3,(H,14,16,17)/t7?,9-,11-,12?/m1/s1. The lowest BCUT2D eigenvalue weighted by Crippen LogP contribution is -2.48. The summed E-state index contributed by atoms with van der Waals surface area (Å²) in [7, 11) is 1.50. The third-order valence-corrected chi connectivity index (χ3v) is 4.81. The molecule has 1 aromatic heterocycles. The second kappa shape index (κ2) is 4.88. The van der Waals surface area contributed by atoms with E-state index in [4.69, 9.17) is 14.2 Å². The molecule has 0 radical (unpaired) electrons. The molecule has 2 aliphatic heterocycles. The van der Waals surface area contributed by atoms with Crippen molar-refractivity contribution >= 4 is 22.6 Å². The van der Waals surface area contributed by atoms with Gasteiger partial charge in [0.05, 0.1) is 10.2 Å². The molecule has 2 N–H and O–H groups in total.